The van der Waals surface area contributed by atoms with Gasteiger partial charge in [0.1, 0.15) is 19.0 Å². The standard InChI is InChI=1S/C14H19N3O3/c1-18-5-4-15-3-2-14-16-10-8-12-13(9-11(10)17-14)20-7-6-19-12/h8-9,15H,2-7H2,1H3,(H,16,17). The summed E-state index contributed by atoms with van der Waals surface area (Å²) in [4.78, 5) is 7.89. The third-order valence-electron chi connectivity index (χ3n) is 3.22. The van der Waals surface area contributed by atoms with Crippen LogP contribution >= 0.6 is 0 Å². The predicted octanol–water partition coefficient (Wildman–Crippen LogP) is 1.11. The summed E-state index contributed by atoms with van der Waals surface area (Å²) >= 11 is 0. The van der Waals surface area contributed by atoms with E-state index in [9.17, 15) is 0 Å². The van der Waals surface area contributed by atoms with Gasteiger partial charge in [0.15, 0.2) is 11.5 Å². The quantitative estimate of drug-likeness (QED) is 0.774. The molecule has 6 heteroatoms. The van der Waals surface area contributed by atoms with Crippen LogP contribution in [0.15, 0.2) is 12.1 Å². The second kappa shape index (κ2) is 6.11. The number of rotatable bonds is 6. The van der Waals surface area contributed by atoms with Gasteiger partial charge in [-0.2, -0.15) is 0 Å². The molecule has 2 aromatic rings. The minimum Gasteiger partial charge on any atom is -0.486 e. The van der Waals surface area contributed by atoms with Gasteiger partial charge in [0.05, 0.1) is 17.6 Å². The van der Waals surface area contributed by atoms with Crippen LogP contribution in [0.3, 0.4) is 0 Å². The number of ether oxygens (including phenoxy) is 3. The molecule has 0 amide bonds. The highest BCUT2D eigenvalue weighted by Crippen LogP contribution is 2.33. The first kappa shape index (κ1) is 13.2. The lowest BCUT2D eigenvalue weighted by Crippen LogP contribution is -2.22. The zero-order valence-corrected chi connectivity index (χ0v) is 11.6. The summed E-state index contributed by atoms with van der Waals surface area (Å²) in [5.74, 6) is 2.53. The number of fused-ring (bicyclic) bond motifs is 2. The van der Waals surface area contributed by atoms with Gasteiger partial charge in [-0.05, 0) is 0 Å². The van der Waals surface area contributed by atoms with E-state index in [-0.39, 0.29) is 0 Å². The molecule has 0 spiro atoms. The lowest BCUT2D eigenvalue weighted by molar-refractivity contribution is 0.172. The molecule has 108 valence electrons. The average molecular weight is 277 g/mol. The zero-order valence-electron chi connectivity index (χ0n) is 11.6. The van der Waals surface area contributed by atoms with Gasteiger partial charge in [0, 0.05) is 38.8 Å². The third kappa shape index (κ3) is 2.86. The van der Waals surface area contributed by atoms with E-state index in [1.165, 1.54) is 0 Å². The molecule has 6 nitrogen and oxygen atoms in total. The number of hydrogen-bond donors (Lipinski definition) is 2. The molecule has 1 aliphatic rings. The molecule has 0 unspecified atom stereocenters. The van der Waals surface area contributed by atoms with Crippen molar-refractivity contribution in [1.82, 2.24) is 15.3 Å². The van der Waals surface area contributed by atoms with Crippen molar-refractivity contribution in [1.29, 1.82) is 0 Å². The fraction of sp³-hybridized carbons (Fsp3) is 0.500. The SMILES string of the molecule is COCCNCCc1nc2cc3c(cc2[nH]1)OCCO3. The van der Waals surface area contributed by atoms with Crippen LogP contribution in [0.25, 0.3) is 11.0 Å². The van der Waals surface area contributed by atoms with Gasteiger partial charge in [0.25, 0.3) is 0 Å². The van der Waals surface area contributed by atoms with Crippen molar-refractivity contribution in [3.8, 4) is 11.5 Å². The second-order valence-corrected chi connectivity index (χ2v) is 4.69. The number of nitrogens with one attached hydrogen (secondary N) is 2. The van der Waals surface area contributed by atoms with Crippen molar-refractivity contribution in [2.45, 2.75) is 6.42 Å². The normalized spacial score (nSPS) is 13.8. The molecule has 20 heavy (non-hydrogen) atoms. The Kier molecular flexibility index (Phi) is 4.03. The number of methoxy groups -OCH3 is 1. The van der Waals surface area contributed by atoms with E-state index in [1.54, 1.807) is 7.11 Å². The number of imidazole rings is 1. The molecule has 0 saturated heterocycles. The molecule has 3 rings (SSSR count). The molecular formula is C14H19N3O3. The van der Waals surface area contributed by atoms with E-state index in [1.807, 2.05) is 12.1 Å². The number of hydrogen-bond acceptors (Lipinski definition) is 5. The fourth-order valence-corrected chi connectivity index (χ4v) is 2.22. The second-order valence-electron chi connectivity index (χ2n) is 4.69. The maximum Gasteiger partial charge on any atom is 0.163 e. The van der Waals surface area contributed by atoms with E-state index in [0.717, 1.165) is 54.5 Å². The number of aromatic nitrogens is 2. The topological polar surface area (TPSA) is 68.4 Å². The van der Waals surface area contributed by atoms with Crippen LogP contribution in [0, 0.1) is 0 Å². The molecule has 0 fully saturated rings. The van der Waals surface area contributed by atoms with Gasteiger partial charge >= 0.3 is 0 Å². The summed E-state index contributed by atoms with van der Waals surface area (Å²) in [5, 5.41) is 3.30. The Morgan fingerprint density at radius 2 is 2.05 bits per heavy atom. The minimum atomic E-state index is 0.596. The maximum absolute atomic E-state index is 5.57. The highest BCUT2D eigenvalue weighted by molar-refractivity contribution is 5.79. The number of benzene rings is 1. The summed E-state index contributed by atoms with van der Waals surface area (Å²) in [6.45, 7) is 3.65. The van der Waals surface area contributed by atoms with Gasteiger partial charge in [0.2, 0.25) is 0 Å². The van der Waals surface area contributed by atoms with Crippen LogP contribution < -0.4 is 14.8 Å². The van der Waals surface area contributed by atoms with E-state index in [0.29, 0.717) is 13.2 Å². The molecule has 1 aromatic carbocycles. The van der Waals surface area contributed by atoms with Crippen LogP contribution in [0.5, 0.6) is 11.5 Å². The van der Waals surface area contributed by atoms with Crippen molar-refractivity contribution < 1.29 is 14.2 Å². The molecule has 2 heterocycles. The Morgan fingerprint density at radius 1 is 1.25 bits per heavy atom. The third-order valence-corrected chi connectivity index (χ3v) is 3.22. The van der Waals surface area contributed by atoms with Crippen LogP contribution in [0.4, 0.5) is 0 Å². The Bertz CT molecular complexity index is 539. The summed E-state index contributed by atoms with van der Waals surface area (Å²) in [7, 11) is 1.70. The van der Waals surface area contributed by atoms with Crippen molar-refractivity contribution in [2.75, 3.05) is 40.0 Å². The Hall–Kier alpha value is -1.79. The van der Waals surface area contributed by atoms with Crippen molar-refractivity contribution in [3.05, 3.63) is 18.0 Å². The van der Waals surface area contributed by atoms with Gasteiger partial charge in [-0.25, -0.2) is 4.98 Å². The van der Waals surface area contributed by atoms with E-state index in [4.69, 9.17) is 14.2 Å². The Morgan fingerprint density at radius 3 is 2.85 bits per heavy atom. The summed E-state index contributed by atoms with van der Waals surface area (Å²) in [5.41, 5.74) is 1.90. The monoisotopic (exact) mass is 277 g/mol. The lowest BCUT2D eigenvalue weighted by Gasteiger charge is -2.17. The molecule has 0 saturated carbocycles. The van der Waals surface area contributed by atoms with E-state index in [2.05, 4.69) is 15.3 Å². The highest BCUT2D eigenvalue weighted by atomic mass is 16.6. The van der Waals surface area contributed by atoms with Crippen LogP contribution in [0.2, 0.25) is 0 Å². The molecule has 0 aliphatic carbocycles. The summed E-state index contributed by atoms with van der Waals surface area (Å²) < 4.78 is 16.1. The van der Waals surface area contributed by atoms with E-state index >= 15 is 0 Å². The largest absolute Gasteiger partial charge is 0.486 e. The molecule has 1 aliphatic heterocycles. The van der Waals surface area contributed by atoms with Gasteiger partial charge < -0.3 is 24.5 Å². The van der Waals surface area contributed by atoms with Crippen molar-refractivity contribution in [2.24, 2.45) is 0 Å². The molecule has 2 N–H and O–H groups in total. The van der Waals surface area contributed by atoms with Crippen molar-refractivity contribution in [3.63, 3.8) is 0 Å². The van der Waals surface area contributed by atoms with Crippen LogP contribution in [-0.2, 0) is 11.2 Å². The van der Waals surface area contributed by atoms with Gasteiger partial charge in [-0.1, -0.05) is 0 Å². The van der Waals surface area contributed by atoms with Gasteiger partial charge in [-0.15, -0.1) is 0 Å². The Labute approximate surface area is 117 Å². The lowest BCUT2D eigenvalue weighted by atomic mass is 10.2. The fourth-order valence-electron chi connectivity index (χ4n) is 2.22. The smallest absolute Gasteiger partial charge is 0.163 e. The summed E-state index contributed by atoms with van der Waals surface area (Å²) in [6.07, 6.45) is 0.852. The van der Waals surface area contributed by atoms with Crippen LogP contribution in [0.1, 0.15) is 5.82 Å². The predicted molar refractivity (Wildman–Crippen MR) is 75.5 cm³/mol. The van der Waals surface area contributed by atoms with Crippen molar-refractivity contribution >= 4 is 11.0 Å². The highest BCUT2D eigenvalue weighted by Gasteiger charge is 2.14. The maximum atomic E-state index is 5.57. The number of nitrogens with zero attached hydrogens (tertiary/aromatic N) is 1. The first-order valence-electron chi connectivity index (χ1n) is 6.85. The molecular weight excluding hydrogens is 258 g/mol. The molecule has 0 bridgehead atoms. The Balaban J connectivity index is 1.67. The van der Waals surface area contributed by atoms with E-state index < -0.39 is 0 Å². The molecule has 0 radical (unpaired) electrons. The zero-order chi connectivity index (χ0) is 13.8. The molecule has 0 atom stereocenters. The van der Waals surface area contributed by atoms with Crippen LogP contribution in [-0.4, -0.2) is 50.0 Å². The number of H-pyrrole nitrogens is 1. The summed E-state index contributed by atoms with van der Waals surface area (Å²) in [6, 6.07) is 3.89. The minimum absolute atomic E-state index is 0.596. The molecule has 1 aromatic heterocycles. The number of aromatic amines is 1. The average Bonchev–Trinajstić information content (AvgIpc) is 2.86. The van der Waals surface area contributed by atoms with Gasteiger partial charge in [-0.3, -0.25) is 0 Å². The first-order chi connectivity index (χ1) is 9.86. The first-order valence-corrected chi connectivity index (χ1v) is 6.85.